The summed E-state index contributed by atoms with van der Waals surface area (Å²) in [5, 5.41) is 9.07. The zero-order valence-corrected chi connectivity index (χ0v) is 10.5. The minimum Gasteiger partial charge on any atom is -0.478 e. The molecule has 0 saturated carbocycles. The second-order valence-electron chi connectivity index (χ2n) is 4.32. The summed E-state index contributed by atoms with van der Waals surface area (Å²) in [6, 6.07) is 2.00. The monoisotopic (exact) mass is 290 g/mol. The van der Waals surface area contributed by atoms with Gasteiger partial charge in [-0.25, -0.2) is 28.5 Å². The van der Waals surface area contributed by atoms with Crippen LogP contribution in [0.25, 0.3) is 11.0 Å². The Balaban J connectivity index is 2.07. The molecule has 8 heteroatoms. The molecule has 3 aromatic rings. The summed E-state index contributed by atoms with van der Waals surface area (Å²) in [7, 11) is 0. The highest BCUT2D eigenvalue weighted by atomic mass is 19.2. The van der Waals surface area contributed by atoms with Gasteiger partial charge in [0.05, 0.1) is 29.6 Å². The van der Waals surface area contributed by atoms with Gasteiger partial charge in [-0.15, -0.1) is 0 Å². The van der Waals surface area contributed by atoms with Crippen LogP contribution in [-0.4, -0.2) is 30.6 Å². The standard InChI is InChI=1S/C13H8F2N4O2/c14-8-1-10-12(2-9(8)15)19(6-18-10)4-11-7(13(20)21)3-16-5-17-11/h1-3,5-6H,4H2,(H,20,21). The normalized spacial score (nSPS) is 11.0. The van der Waals surface area contributed by atoms with Crippen molar-refractivity contribution in [3.63, 3.8) is 0 Å². The van der Waals surface area contributed by atoms with Gasteiger partial charge in [0.2, 0.25) is 0 Å². The third-order valence-electron chi connectivity index (χ3n) is 3.01. The van der Waals surface area contributed by atoms with Crippen molar-refractivity contribution in [3.05, 3.63) is 53.9 Å². The number of carboxylic acid groups (broad SMARTS) is 1. The lowest BCUT2D eigenvalue weighted by Gasteiger charge is -2.06. The lowest BCUT2D eigenvalue weighted by Crippen LogP contribution is -2.09. The number of fused-ring (bicyclic) bond motifs is 1. The molecule has 0 amide bonds. The Bertz CT molecular complexity index is 847. The molecule has 6 nitrogen and oxygen atoms in total. The van der Waals surface area contributed by atoms with Crippen LogP contribution in [-0.2, 0) is 6.54 Å². The van der Waals surface area contributed by atoms with Gasteiger partial charge in [-0.05, 0) is 0 Å². The van der Waals surface area contributed by atoms with Gasteiger partial charge >= 0.3 is 5.97 Å². The molecule has 0 saturated heterocycles. The van der Waals surface area contributed by atoms with Crippen molar-refractivity contribution in [2.45, 2.75) is 6.54 Å². The lowest BCUT2D eigenvalue weighted by molar-refractivity contribution is 0.0694. The van der Waals surface area contributed by atoms with E-state index in [-0.39, 0.29) is 23.3 Å². The van der Waals surface area contributed by atoms with Crippen LogP contribution in [0.2, 0.25) is 0 Å². The molecule has 0 atom stereocenters. The molecular formula is C13H8F2N4O2. The Kier molecular flexibility index (Phi) is 3.05. The number of halogens is 2. The number of carbonyl (C=O) groups is 1. The molecule has 1 aromatic carbocycles. The van der Waals surface area contributed by atoms with Crippen molar-refractivity contribution in [2.75, 3.05) is 0 Å². The van der Waals surface area contributed by atoms with Crippen molar-refractivity contribution < 1.29 is 18.7 Å². The van der Waals surface area contributed by atoms with Crippen LogP contribution in [0.5, 0.6) is 0 Å². The molecule has 0 radical (unpaired) electrons. The second kappa shape index (κ2) is 4.89. The van der Waals surface area contributed by atoms with Gasteiger partial charge in [0.15, 0.2) is 11.6 Å². The van der Waals surface area contributed by atoms with Crippen LogP contribution in [0, 0.1) is 11.6 Å². The van der Waals surface area contributed by atoms with Gasteiger partial charge in [-0.3, -0.25) is 0 Å². The molecule has 21 heavy (non-hydrogen) atoms. The summed E-state index contributed by atoms with van der Waals surface area (Å²) in [4.78, 5) is 22.6. The maximum Gasteiger partial charge on any atom is 0.339 e. The summed E-state index contributed by atoms with van der Waals surface area (Å²) in [5.41, 5.74) is 0.826. The van der Waals surface area contributed by atoms with Gasteiger partial charge in [-0.1, -0.05) is 0 Å². The molecule has 0 bridgehead atoms. The average molecular weight is 290 g/mol. The first-order valence-electron chi connectivity index (χ1n) is 5.88. The summed E-state index contributed by atoms with van der Waals surface area (Å²) in [5.74, 6) is -3.14. The number of aromatic carboxylic acids is 1. The first-order valence-corrected chi connectivity index (χ1v) is 5.88. The summed E-state index contributed by atoms with van der Waals surface area (Å²) < 4.78 is 27.9. The third kappa shape index (κ3) is 2.31. The van der Waals surface area contributed by atoms with Crippen molar-refractivity contribution in [2.24, 2.45) is 0 Å². The molecule has 0 spiro atoms. The zero-order chi connectivity index (χ0) is 15.0. The fraction of sp³-hybridized carbons (Fsp3) is 0.0769. The highest BCUT2D eigenvalue weighted by Gasteiger charge is 2.14. The van der Waals surface area contributed by atoms with Crippen LogP contribution in [0.15, 0.2) is 31.0 Å². The molecule has 1 N–H and O–H groups in total. The van der Waals surface area contributed by atoms with Crippen molar-refractivity contribution in [3.8, 4) is 0 Å². The highest BCUT2D eigenvalue weighted by Crippen LogP contribution is 2.18. The van der Waals surface area contributed by atoms with E-state index in [0.29, 0.717) is 5.52 Å². The van der Waals surface area contributed by atoms with E-state index in [2.05, 4.69) is 15.0 Å². The van der Waals surface area contributed by atoms with Gasteiger partial charge in [0.25, 0.3) is 0 Å². The van der Waals surface area contributed by atoms with E-state index in [1.54, 1.807) is 0 Å². The fourth-order valence-electron chi connectivity index (χ4n) is 2.00. The molecule has 2 heterocycles. The first kappa shape index (κ1) is 13.1. The predicted molar refractivity (Wildman–Crippen MR) is 67.7 cm³/mol. The summed E-state index contributed by atoms with van der Waals surface area (Å²) in [6.07, 6.45) is 3.78. The Morgan fingerprint density at radius 1 is 1.24 bits per heavy atom. The number of carboxylic acids is 1. The molecule has 3 rings (SSSR count). The molecule has 106 valence electrons. The third-order valence-corrected chi connectivity index (χ3v) is 3.01. The molecule has 0 aliphatic carbocycles. The topological polar surface area (TPSA) is 80.9 Å². The Morgan fingerprint density at radius 3 is 2.76 bits per heavy atom. The van der Waals surface area contributed by atoms with E-state index in [0.717, 1.165) is 12.1 Å². The fourth-order valence-corrected chi connectivity index (χ4v) is 2.00. The quantitative estimate of drug-likeness (QED) is 0.796. The number of aromatic nitrogens is 4. The molecular weight excluding hydrogens is 282 g/mol. The number of hydrogen-bond donors (Lipinski definition) is 1. The van der Waals surface area contributed by atoms with Gasteiger partial charge in [-0.2, -0.15) is 0 Å². The van der Waals surface area contributed by atoms with Gasteiger partial charge < -0.3 is 9.67 Å². The van der Waals surface area contributed by atoms with Crippen molar-refractivity contribution in [1.82, 2.24) is 19.5 Å². The zero-order valence-electron chi connectivity index (χ0n) is 10.5. The maximum absolute atomic E-state index is 13.3. The molecule has 0 aliphatic rings. The Hall–Kier alpha value is -2.90. The minimum absolute atomic E-state index is 0.0538. The lowest BCUT2D eigenvalue weighted by atomic mass is 10.2. The highest BCUT2D eigenvalue weighted by molar-refractivity contribution is 5.88. The van der Waals surface area contributed by atoms with Gasteiger partial charge in [0, 0.05) is 18.3 Å². The van der Waals surface area contributed by atoms with Crippen LogP contribution < -0.4 is 0 Å². The molecule has 2 aromatic heterocycles. The van der Waals surface area contributed by atoms with E-state index in [1.807, 2.05) is 0 Å². The van der Waals surface area contributed by atoms with Crippen LogP contribution >= 0.6 is 0 Å². The Morgan fingerprint density at radius 2 is 2.00 bits per heavy atom. The maximum atomic E-state index is 13.3. The van der Waals surface area contributed by atoms with E-state index >= 15 is 0 Å². The van der Waals surface area contributed by atoms with Crippen molar-refractivity contribution >= 4 is 17.0 Å². The van der Waals surface area contributed by atoms with Crippen LogP contribution in [0.3, 0.4) is 0 Å². The van der Waals surface area contributed by atoms with Crippen LogP contribution in [0.1, 0.15) is 16.1 Å². The van der Waals surface area contributed by atoms with Crippen molar-refractivity contribution in [1.29, 1.82) is 0 Å². The predicted octanol–water partition coefficient (Wildman–Crippen LogP) is 1.85. The second-order valence-corrected chi connectivity index (χ2v) is 4.32. The smallest absolute Gasteiger partial charge is 0.339 e. The summed E-state index contributed by atoms with van der Waals surface area (Å²) in [6.45, 7) is 0.0612. The van der Waals surface area contributed by atoms with Crippen LogP contribution in [0.4, 0.5) is 8.78 Å². The largest absolute Gasteiger partial charge is 0.478 e. The number of benzene rings is 1. The average Bonchev–Trinajstić information content (AvgIpc) is 2.82. The van der Waals surface area contributed by atoms with E-state index in [4.69, 9.17) is 5.11 Å². The number of nitrogens with zero attached hydrogens (tertiary/aromatic N) is 4. The molecule has 0 fully saturated rings. The van der Waals surface area contributed by atoms with E-state index < -0.39 is 17.6 Å². The minimum atomic E-state index is -1.16. The number of imidazole rings is 1. The van der Waals surface area contributed by atoms with E-state index in [9.17, 15) is 13.6 Å². The number of rotatable bonds is 3. The Labute approximate surface area is 116 Å². The van der Waals surface area contributed by atoms with E-state index in [1.165, 1.54) is 23.4 Å². The summed E-state index contributed by atoms with van der Waals surface area (Å²) >= 11 is 0. The SMILES string of the molecule is O=C(O)c1cncnc1Cn1cnc2cc(F)c(F)cc21. The molecule has 0 unspecified atom stereocenters. The molecule has 0 aliphatic heterocycles. The first-order chi connectivity index (χ1) is 10.1. The van der Waals surface area contributed by atoms with Gasteiger partial charge in [0.1, 0.15) is 11.9 Å². The number of hydrogen-bond acceptors (Lipinski definition) is 4.